The number of rotatable bonds is 3. The molecule has 2 atom stereocenters. The summed E-state index contributed by atoms with van der Waals surface area (Å²) < 4.78 is 18.4. The molecule has 15 heavy (non-hydrogen) atoms. The van der Waals surface area contributed by atoms with Gasteiger partial charge in [-0.3, -0.25) is 0 Å². The van der Waals surface area contributed by atoms with Crippen molar-refractivity contribution in [1.29, 1.82) is 0 Å². The minimum Gasteiger partial charge on any atom is -0.491 e. The van der Waals surface area contributed by atoms with Crippen LogP contribution in [0.1, 0.15) is 24.8 Å². The van der Waals surface area contributed by atoms with E-state index in [0.29, 0.717) is 18.3 Å². The number of hydrogen-bond acceptors (Lipinski definition) is 2. The van der Waals surface area contributed by atoms with Crippen molar-refractivity contribution in [2.45, 2.75) is 25.3 Å². The van der Waals surface area contributed by atoms with Gasteiger partial charge in [0.25, 0.3) is 0 Å². The van der Waals surface area contributed by atoms with Crippen LogP contribution in [0.4, 0.5) is 4.39 Å². The molecule has 1 aromatic rings. The molecule has 1 aliphatic carbocycles. The van der Waals surface area contributed by atoms with Crippen molar-refractivity contribution in [2.75, 3.05) is 6.61 Å². The highest BCUT2D eigenvalue weighted by Gasteiger charge is 2.35. The first kappa shape index (κ1) is 12.3. The van der Waals surface area contributed by atoms with Crippen molar-refractivity contribution in [3.05, 3.63) is 29.6 Å². The van der Waals surface area contributed by atoms with E-state index < -0.39 is 0 Å². The van der Waals surface area contributed by atoms with Crippen molar-refractivity contribution in [3.8, 4) is 5.75 Å². The predicted molar refractivity (Wildman–Crippen MR) is 60.2 cm³/mol. The summed E-state index contributed by atoms with van der Waals surface area (Å²) in [6, 6.07) is 5.24. The highest BCUT2D eigenvalue weighted by molar-refractivity contribution is 5.85. The molecule has 0 aliphatic heterocycles. The van der Waals surface area contributed by atoms with Crippen LogP contribution in [0.5, 0.6) is 5.75 Å². The molecule has 1 aliphatic rings. The number of hydrogen-bond donors (Lipinski definition) is 1. The molecule has 1 saturated carbocycles. The van der Waals surface area contributed by atoms with Crippen LogP contribution < -0.4 is 10.5 Å². The molecule has 84 valence electrons. The number of ether oxygens (including phenoxy) is 1. The first-order valence-corrected chi connectivity index (χ1v) is 4.90. The molecular formula is C11H15ClFNO. The zero-order valence-corrected chi connectivity index (χ0v) is 9.39. The van der Waals surface area contributed by atoms with Crippen LogP contribution >= 0.6 is 12.4 Å². The van der Waals surface area contributed by atoms with E-state index in [-0.39, 0.29) is 24.3 Å². The molecule has 1 aromatic carbocycles. The van der Waals surface area contributed by atoms with Crippen molar-refractivity contribution in [2.24, 2.45) is 5.73 Å². The molecule has 4 heteroatoms. The van der Waals surface area contributed by atoms with Gasteiger partial charge in [0.1, 0.15) is 0 Å². The van der Waals surface area contributed by atoms with Crippen LogP contribution in [0.2, 0.25) is 0 Å². The molecular weight excluding hydrogens is 217 g/mol. The zero-order valence-electron chi connectivity index (χ0n) is 8.57. The summed E-state index contributed by atoms with van der Waals surface area (Å²) in [7, 11) is 0. The Morgan fingerprint density at radius 1 is 1.53 bits per heavy atom. The van der Waals surface area contributed by atoms with Gasteiger partial charge in [-0.05, 0) is 31.0 Å². The summed E-state index contributed by atoms with van der Waals surface area (Å²) in [4.78, 5) is 0. The average molecular weight is 232 g/mol. The van der Waals surface area contributed by atoms with Crippen LogP contribution in [0.3, 0.4) is 0 Å². The molecule has 0 spiro atoms. The van der Waals surface area contributed by atoms with Gasteiger partial charge in [0.2, 0.25) is 0 Å². The van der Waals surface area contributed by atoms with Gasteiger partial charge in [0.05, 0.1) is 6.61 Å². The standard InChI is InChI=1S/C11H14FNO.ClH/c1-2-14-11-5-7(3-4-9(11)12)8-6-10(8)13;/h3-5,8,10H,2,6,13H2,1H3;1H/t8-,10-;/m1./s1. The van der Waals surface area contributed by atoms with E-state index >= 15 is 0 Å². The molecule has 2 N–H and O–H groups in total. The monoisotopic (exact) mass is 231 g/mol. The van der Waals surface area contributed by atoms with Gasteiger partial charge in [0.15, 0.2) is 11.6 Å². The maximum absolute atomic E-state index is 13.2. The molecule has 0 aromatic heterocycles. The normalized spacial score (nSPS) is 23.1. The average Bonchev–Trinajstić information content (AvgIpc) is 2.87. The van der Waals surface area contributed by atoms with Gasteiger partial charge in [-0.1, -0.05) is 6.07 Å². The van der Waals surface area contributed by atoms with E-state index in [1.54, 1.807) is 12.1 Å². The lowest BCUT2D eigenvalue weighted by molar-refractivity contribution is 0.321. The topological polar surface area (TPSA) is 35.2 Å². The predicted octanol–water partition coefficient (Wildman–Crippen LogP) is 2.46. The highest BCUT2D eigenvalue weighted by atomic mass is 35.5. The first-order valence-electron chi connectivity index (χ1n) is 4.90. The second-order valence-electron chi connectivity index (χ2n) is 3.63. The lowest BCUT2D eigenvalue weighted by atomic mass is 10.1. The maximum Gasteiger partial charge on any atom is 0.165 e. The molecule has 0 saturated heterocycles. The second kappa shape index (κ2) is 4.81. The van der Waals surface area contributed by atoms with Gasteiger partial charge in [0, 0.05) is 12.0 Å². The molecule has 0 amide bonds. The molecule has 1 fully saturated rings. The van der Waals surface area contributed by atoms with E-state index in [0.717, 1.165) is 12.0 Å². The van der Waals surface area contributed by atoms with Crippen molar-refractivity contribution in [1.82, 2.24) is 0 Å². The van der Waals surface area contributed by atoms with E-state index in [9.17, 15) is 4.39 Å². The lowest BCUT2D eigenvalue weighted by Crippen LogP contribution is -2.02. The van der Waals surface area contributed by atoms with Crippen molar-refractivity contribution in [3.63, 3.8) is 0 Å². The zero-order chi connectivity index (χ0) is 10.1. The summed E-state index contributed by atoms with van der Waals surface area (Å²) in [5.74, 6) is 0.434. The highest BCUT2D eigenvalue weighted by Crippen LogP contribution is 2.40. The molecule has 0 unspecified atom stereocenters. The molecule has 2 nitrogen and oxygen atoms in total. The Balaban J connectivity index is 0.00000112. The third kappa shape index (κ3) is 2.61. The largest absolute Gasteiger partial charge is 0.491 e. The van der Waals surface area contributed by atoms with Crippen LogP contribution in [0.25, 0.3) is 0 Å². The Kier molecular flexibility index (Phi) is 3.94. The Hall–Kier alpha value is -0.800. The van der Waals surface area contributed by atoms with Crippen molar-refractivity contribution >= 4 is 12.4 Å². The fourth-order valence-electron chi connectivity index (χ4n) is 1.61. The summed E-state index contributed by atoms with van der Waals surface area (Å²) in [5.41, 5.74) is 6.81. The minimum absolute atomic E-state index is 0. The van der Waals surface area contributed by atoms with Gasteiger partial charge in [-0.15, -0.1) is 12.4 Å². The minimum atomic E-state index is -0.301. The maximum atomic E-state index is 13.2. The number of halogens is 2. The third-order valence-electron chi connectivity index (χ3n) is 2.52. The van der Waals surface area contributed by atoms with E-state index in [4.69, 9.17) is 10.5 Å². The Morgan fingerprint density at radius 2 is 2.20 bits per heavy atom. The number of benzene rings is 1. The van der Waals surface area contributed by atoms with Crippen LogP contribution in [0.15, 0.2) is 18.2 Å². The number of nitrogens with two attached hydrogens (primary N) is 1. The Morgan fingerprint density at radius 3 is 2.73 bits per heavy atom. The quantitative estimate of drug-likeness (QED) is 0.868. The SMILES string of the molecule is CCOc1cc([C@H]2C[C@H]2N)ccc1F.Cl. The van der Waals surface area contributed by atoms with Crippen LogP contribution in [-0.2, 0) is 0 Å². The molecule has 2 rings (SSSR count). The summed E-state index contributed by atoms with van der Waals surface area (Å²) in [6.45, 7) is 2.33. The van der Waals surface area contributed by atoms with E-state index in [1.807, 2.05) is 6.92 Å². The fraction of sp³-hybridized carbons (Fsp3) is 0.455. The molecule has 0 radical (unpaired) electrons. The molecule has 0 heterocycles. The summed E-state index contributed by atoms with van der Waals surface area (Å²) >= 11 is 0. The van der Waals surface area contributed by atoms with Crippen LogP contribution in [-0.4, -0.2) is 12.6 Å². The fourth-order valence-corrected chi connectivity index (χ4v) is 1.61. The van der Waals surface area contributed by atoms with Gasteiger partial charge in [-0.25, -0.2) is 4.39 Å². The molecule has 0 bridgehead atoms. The summed E-state index contributed by atoms with van der Waals surface area (Å²) in [5, 5.41) is 0. The first-order chi connectivity index (χ1) is 6.72. The third-order valence-corrected chi connectivity index (χ3v) is 2.52. The van der Waals surface area contributed by atoms with Gasteiger partial charge in [-0.2, -0.15) is 0 Å². The summed E-state index contributed by atoms with van der Waals surface area (Å²) in [6.07, 6.45) is 0.997. The lowest BCUT2D eigenvalue weighted by Gasteiger charge is -2.06. The second-order valence-corrected chi connectivity index (χ2v) is 3.63. The Labute approximate surface area is 95.0 Å². The smallest absolute Gasteiger partial charge is 0.165 e. The van der Waals surface area contributed by atoms with E-state index in [2.05, 4.69) is 0 Å². The van der Waals surface area contributed by atoms with Gasteiger partial charge < -0.3 is 10.5 Å². The van der Waals surface area contributed by atoms with Gasteiger partial charge >= 0.3 is 0 Å². The Bertz CT molecular complexity index is 345. The van der Waals surface area contributed by atoms with Crippen LogP contribution in [0, 0.1) is 5.82 Å². The van der Waals surface area contributed by atoms with Crippen molar-refractivity contribution < 1.29 is 9.13 Å². The van der Waals surface area contributed by atoms with E-state index in [1.165, 1.54) is 6.07 Å².